The molecule has 0 spiro atoms. The third kappa shape index (κ3) is 3.50. The van der Waals surface area contributed by atoms with Crippen LogP contribution in [0, 0.1) is 0 Å². The molecule has 1 N–H and O–H groups in total. The largest absolute Gasteiger partial charge is 0.338 e. The van der Waals surface area contributed by atoms with E-state index in [1.807, 2.05) is 0 Å². The number of aryl methyl sites for hydroxylation is 1. The van der Waals surface area contributed by atoms with Crippen molar-refractivity contribution < 1.29 is 4.52 Å². The van der Waals surface area contributed by atoms with Crippen LogP contribution in [0.3, 0.4) is 0 Å². The van der Waals surface area contributed by atoms with Crippen molar-refractivity contribution in [3.8, 4) is 0 Å². The normalized spacial score (nSPS) is 22.0. The molecule has 2 aliphatic rings. The van der Waals surface area contributed by atoms with E-state index in [9.17, 15) is 0 Å². The molecule has 136 valence electrons. The van der Waals surface area contributed by atoms with Gasteiger partial charge in [-0.05, 0) is 32.6 Å². The standard InChI is InChI=1S/C19H29N5O/c1-12(18-22-16(23-25-18)13-7-8-13)20-10-14-6-5-9-24-11-15(19(2,3)4)21-17(14)24/h11-14,20H,5-10H2,1-4H3/t12-,14-/m1/s1. The van der Waals surface area contributed by atoms with Crippen LogP contribution in [-0.4, -0.2) is 26.2 Å². The Morgan fingerprint density at radius 1 is 1.28 bits per heavy atom. The average Bonchev–Trinajstić information content (AvgIpc) is 3.12. The van der Waals surface area contributed by atoms with Crippen LogP contribution in [-0.2, 0) is 12.0 Å². The molecule has 6 nitrogen and oxygen atoms in total. The van der Waals surface area contributed by atoms with Crippen LogP contribution in [0.15, 0.2) is 10.7 Å². The number of hydrogen-bond acceptors (Lipinski definition) is 5. The third-order valence-corrected chi connectivity index (χ3v) is 5.33. The van der Waals surface area contributed by atoms with Crippen LogP contribution >= 0.6 is 0 Å². The van der Waals surface area contributed by atoms with Gasteiger partial charge in [0.1, 0.15) is 5.82 Å². The second-order valence-corrected chi connectivity index (χ2v) is 8.66. The van der Waals surface area contributed by atoms with E-state index in [2.05, 4.69) is 53.9 Å². The number of rotatable bonds is 5. The van der Waals surface area contributed by atoms with Crippen LogP contribution < -0.4 is 5.32 Å². The van der Waals surface area contributed by atoms with Crippen molar-refractivity contribution in [3.63, 3.8) is 0 Å². The van der Waals surface area contributed by atoms with Crippen molar-refractivity contribution >= 4 is 0 Å². The van der Waals surface area contributed by atoms with Gasteiger partial charge in [0.2, 0.25) is 5.89 Å². The lowest BCUT2D eigenvalue weighted by molar-refractivity contribution is 0.326. The van der Waals surface area contributed by atoms with Gasteiger partial charge in [-0.25, -0.2) is 4.98 Å². The fourth-order valence-electron chi connectivity index (χ4n) is 3.46. The first-order chi connectivity index (χ1) is 11.9. The molecule has 1 saturated carbocycles. The van der Waals surface area contributed by atoms with Gasteiger partial charge in [0.25, 0.3) is 0 Å². The molecule has 0 amide bonds. The minimum atomic E-state index is 0.0763. The highest BCUT2D eigenvalue weighted by Gasteiger charge is 2.30. The molecule has 3 heterocycles. The third-order valence-electron chi connectivity index (χ3n) is 5.33. The van der Waals surface area contributed by atoms with Gasteiger partial charge in [-0.3, -0.25) is 0 Å². The molecule has 25 heavy (non-hydrogen) atoms. The van der Waals surface area contributed by atoms with Crippen molar-refractivity contribution in [1.29, 1.82) is 0 Å². The Morgan fingerprint density at radius 2 is 2.08 bits per heavy atom. The fraction of sp³-hybridized carbons (Fsp3) is 0.737. The highest BCUT2D eigenvalue weighted by atomic mass is 16.5. The summed E-state index contributed by atoms with van der Waals surface area (Å²) >= 11 is 0. The van der Waals surface area contributed by atoms with Gasteiger partial charge in [-0.15, -0.1) is 0 Å². The second-order valence-electron chi connectivity index (χ2n) is 8.66. The van der Waals surface area contributed by atoms with E-state index in [1.165, 1.54) is 37.2 Å². The van der Waals surface area contributed by atoms with E-state index < -0.39 is 0 Å². The summed E-state index contributed by atoms with van der Waals surface area (Å²) in [5.74, 6) is 3.78. The molecular weight excluding hydrogens is 314 g/mol. The Balaban J connectivity index is 1.42. The lowest BCUT2D eigenvalue weighted by Gasteiger charge is -2.24. The predicted molar refractivity (Wildman–Crippen MR) is 95.6 cm³/mol. The number of fused-ring (bicyclic) bond motifs is 1. The molecule has 1 fully saturated rings. The number of imidazole rings is 1. The molecule has 0 saturated heterocycles. The summed E-state index contributed by atoms with van der Waals surface area (Å²) in [4.78, 5) is 9.52. The summed E-state index contributed by atoms with van der Waals surface area (Å²) in [6.07, 6.45) is 7.02. The molecule has 0 aromatic carbocycles. The molecule has 6 heteroatoms. The average molecular weight is 343 g/mol. The van der Waals surface area contributed by atoms with Crippen LogP contribution in [0.5, 0.6) is 0 Å². The molecule has 1 aliphatic heterocycles. The van der Waals surface area contributed by atoms with Crippen molar-refractivity contribution in [2.75, 3.05) is 6.54 Å². The van der Waals surface area contributed by atoms with Crippen LogP contribution in [0.2, 0.25) is 0 Å². The Morgan fingerprint density at radius 3 is 2.80 bits per heavy atom. The zero-order valence-corrected chi connectivity index (χ0v) is 15.7. The van der Waals surface area contributed by atoms with Crippen LogP contribution in [0.1, 0.15) is 94.5 Å². The SMILES string of the molecule is C[C@@H](NC[C@H]1CCCn2cc(C(C)(C)C)nc21)c1nc(C2CC2)no1. The summed E-state index contributed by atoms with van der Waals surface area (Å²) in [5, 5.41) is 7.70. The predicted octanol–water partition coefficient (Wildman–Crippen LogP) is 3.67. The van der Waals surface area contributed by atoms with Crippen molar-refractivity contribution in [2.45, 2.75) is 83.2 Å². The summed E-state index contributed by atoms with van der Waals surface area (Å²) in [7, 11) is 0. The van der Waals surface area contributed by atoms with Gasteiger partial charge in [-0.2, -0.15) is 4.98 Å². The highest BCUT2D eigenvalue weighted by Crippen LogP contribution is 2.38. The van der Waals surface area contributed by atoms with Gasteiger partial charge >= 0.3 is 0 Å². The topological polar surface area (TPSA) is 68.8 Å². The minimum Gasteiger partial charge on any atom is -0.338 e. The van der Waals surface area contributed by atoms with Gasteiger partial charge < -0.3 is 14.4 Å². The van der Waals surface area contributed by atoms with Crippen molar-refractivity contribution in [1.82, 2.24) is 25.0 Å². The maximum Gasteiger partial charge on any atom is 0.243 e. The Labute approximate surface area is 149 Å². The molecule has 2 atom stereocenters. The lowest BCUT2D eigenvalue weighted by Crippen LogP contribution is -2.28. The first-order valence-electron chi connectivity index (χ1n) is 9.56. The summed E-state index contributed by atoms with van der Waals surface area (Å²) in [6, 6.07) is 0.0763. The monoisotopic (exact) mass is 343 g/mol. The van der Waals surface area contributed by atoms with Gasteiger partial charge in [-0.1, -0.05) is 25.9 Å². The van der Waals surface area contributed by atoms with E-state index >= 15 is 0 Å². The van der Waals surface area contributed by atoms with Crippen molar-refractivity contribution in [2.24, 2.45) is 0 Å². The molecular formula is C19H29N5O. The molecule has 1 aliphatic carbocycles. The number of hydrogen-bond donors (Lipinski definition) is 1. The molecule has 2 aromatic rings. The summed E-state index contributed by atoms with van der Waals surface area (Å²) in [6.45, 7) is 10.7. The zero-order valence-electron chi connectivity index (χ0n) is 15.7. The van der Waals surface area contributed by atoms with Gasteiger partial charge in [0, 0.05) is 36.5 Å². The van der Waals surface area contributed by atoms with Crippen LogP contribution in [0.25, 0.3) is 0 Å². The van der Waals surface area contributed by atoms with Crippen molar-refractivity contribution in [3.05, 3.63) is 29.4 Å². The lowest BCUT2D eigenvalue weighted by atomic mass is 9.93. The Bertz CT molecular complexity index is 737. The zero-order chi connectivity index (χ0) is 17.6. The first-order valence-corrected chi connectivity index (χ1v) is 9.56. The summed E-state index contributed by atoms with van der Waals surface area (Å²) < 4.78 is 7.79. The molecule has 4 rings (SSSR count). The molecule has 0 bridgehead atoms. The molecule has 0 radical (unpaired) electrons. The number of nitrogens with one attached hydrogen (secondary N) is 1. The Hall–Kier alpha value is -1.69. The van der Waals surface area contributed by atoms with E-state index in [4.69, 9.17) is 9.51 Å². The maximum atomic E-state index is 5.44. The quantitative estimate of drug-likeness (QED) is 0.897. The summed E-state index contributed by atoms with van der Waals surface area (Å²) in [5.41, 5.74) is 1.28. The van der Waals surface area contributed by atoms with E-state index in [0.29, 0.717) is 17.7 Å². The fourth-order valence-corrected chi connectivity index (χ4v) is 3.46. The molecule has 2 aromatic heterocycles. The maximum absolute atomic E-state index is 5.44. The smallest absolute Gasteiger partial charge is 0.243 e. The minimum absolute atomic E-state index is 0.0763. The van der Waals surface area contributed by atoms with Gasteiger partial charge in [0.15, 0.2) is 5.82 Å². The molecule has 0 unspecified atom stereocenters. The van der Waals surface area contributed by atoms with Crippen LogP contribution in [0.4, 0.5) is 0 Å². The second kappa shape index (κ2) is 6.24. The van der Waals surface area contributed by atoms with E-state index in [-0.39, 0.29) is 11.5 Å². The first kappa shape index (κ1) is 16.8. The van der Waals surface area contributed by atoms with Gasteiger partial charge in [0.05, 0.1) is 11.7 Å². The van der Waals surface area contributed by atoms with E-state index in [1.54, 1.807) is 0 Å². The number of nitrogens with zero attached hydrogens (tertiary/aromatic N) is 4. The number of aromatic nitrogens is 4. The highest BCUT2D eigenvalue weighted by molar-refractivity contribution is 5.17. The Kier molecular flexibility index (Phi) is 4.18. The van der Waals surface area contributed by atoms with E-state index in [0.717, 1.165) is 18.9 Å².